The van der Waals surface area contributed by atoms with Crippen LogP contribution >= 0.6 is 11.8 Å². The second-order valence-corrected chi connectivity index (χ2v) is 4.92. The van der Waals surface area contributed by atoms with E-state index in [0.717, 1.165) is 0 Å². The molecule has 2 N–H and O–H groups in total. The number of hydrogen-bond acceptors (Lipinski definition) is 7. The van der Waals surface area contributed by atoms with Gasteiger partial charge in [-0.05, 0) is 13.2 Å². The summed E-state index contributed by atoms with van der Waals surface area (Å²) in [5.74, 6) is 0.647. The van der Waals surface area contributed by atoms with Crippen LogP contribution < -0.4 is 10.6 Å². The number of nitrogens with one attached hydrogen (secondary N) is 2. The first-order valence-corrected chi connectivity index (χ1v) is 6.89. The molecule has 1 atom stereocenters. The molecule has 100 valence electrons. The maximum atomic E-state index is 10.9. The molecular formula is C10H17N5O2S. The molecule has 0 aliphatic rings. The number of nitrogens with zero attached hydrogens (tertiary/aromatic N) is 3. The summed E-state index contributed by atoms with van der Waals surface area (Å²) in [7, 11) is 0. The Kier molecular flexibility index (Phi) is 5.63. The van der Waals surface area contributed by atoms with E-state index in [4.69, 9.17) is 0 Å². The minimum absolute atomic E-state index is 0.107. The lowest BCUT2D eigenvalue weighted by molar-refractivity contribution is -0.384. The van der Waals surface area contributed by atoms with Gasteiger partial charge in [-0.25, -0.2) is 4.98 Å². The highest BCUT2D eigenvalue weighted by molar-refractivity contribution is 7.99. The summed E-state index contributed by atoms with van der Waals surface area (Å²) in [6.45, 7) is 5.23. The Morgan fingerprint density at radius 1 is 1.56 bits per heavy atom. The van der Waals surface area contributed by atoms with E-state index < -0.39 is 4.92 Å². The van der Waals surface area contributed by atoms with E-state index in [1.165, 1.54) is 6.20 Å². The van der Waals surface area contributed by atoms with Gasteiger partial charge >= 0.3 is 5.69 Å². The van der Waals surface area contributed by atoms with E-state index >= 15 is 0 Å². The van der Waals surface area contributed by atoms with Crippen molar-refractivity contribution in [1.29, 1.82) is 0 Å². The Hall–Kier alpha value is -1.57. The summed E-state index contributed by atoms with van der Waals surface area (Å²) in [5, 5.41) is 17.1. The Balaban J connectivity index is 2.89. The number of hydrogen-bond donors (Lipinski definition) is 2. The zero-order valence-electron chi connectivity index (χ0n) is 10.6. The summed E-state index contributed by atoms with van der Waals surface area (Å²) in [5.41, 5.74) is -0.107. The quantitative estimate of drug-likeness (QED) is 0.578. The van der Waals surface area contributed by atoms with Crippen LogP contribution in [-0.4, -0.2) is 39.5 Å². The van der Waals surface area contributed by atoms with Crippen LogP contribution in [0.2, 0.25) is 0 Å². The Morgan fingerprint density at radius 3 is 2.83 bits per heavy atom. The fraction of sp³-hybridized carbons (Fsp3) is 0.600. The van der Waals surface area contributed by atoms with Crippen LogP contribution in [0.3, 0.4) is 0 Å². The van der Waals surface area contributed by atoms with E-state index in [0.29, 0.717) is 24.3 Å². The van der Waals surface area contributed by atoms with Crippen molar-refractivity contribution in [3.63, 3.8) is 0 Å². The molecule has 1 heterocycles. The van der Waals surface area contributed by atoms with Crippen molar-refractivity contribution in [2.45, 2.75) is 19.1 Å². The van der Waals surface area contributed by atoms with Crippen LogP contribution in [0.5, 0.6) is 0 Å². The highest BCUT2D eigenvalue weighted by Crippen LogP contribution is 2.22. The van der Waals surface area contributed by atoms with Crippen molar-refractivity contribution in [2.75, 3.05) is 30.0 Å². The first-order chi connectivity index (χ1) is 8.58. The molecule has 0 saturated carbocycles. The number of nitro groups is 1. The minimum atomic E-state index is -0.484. The Bertz CT molecular complexity index is 415. The summed E-state index contributed by atoms with van der Waals surface area (Å²) in [6.07, 6.45) is 3.21. The molecule has 0 fully saturated rings. The largest absolute Gasteiger partial charge is 0.363 e. The molecule has 0 amide bonds. The SMILES string of the molecule is CCNc1ncc([N+](=O)[O-])c(NCC(C)SC)n1. The van der Waals surface area contributed by atoms with Crippen molar-refractivity contribution in [3.05, 3.63) is 16.3 Å². The van der Waals surface area contributed by atoms with E-state index in [1.54, 1.807) is 11.8 Å². The van der Waals surface area contributed by atoms with Gasteiger partial charge in [0.25, 0.3) is 0 Å². The molecule has 0 aromatic carbocycles. The lowest BCUT2D eigenvalue weighted by atomic mass is 10.4. The van der Waals surface area contributed by atoms with Crippen LogP contribution in [0.15, 0.2) is 6.20 Å². The van der Waals surface area contributed by atoms with Gasteiger partial charge in [0.05, 0.1) is 4.92 Å². The van der Waals surface area contributed by atoms with Gasteiger partial charge in [-0.1, -0.05) is 6.92 Å². The highest BCUT2D eigenvalue weighted by atomic mass is 32.2. The molecule has 0 spiro atoms. The van der Waals surface area contributed by atoms with Crippen molar-refractivity contribution in [3.8, 4) is 0 Å². The van der Waals surface area contributed by atoms with Crippen LogP contribution in [0, 0.1) is 10.1 Å². The number of rotatable bonds is 7. The third-order valence-electron chi connectivity index (χ3n) is 2.26. The smallest absolute Gasteiger partial charge is 0.329 e. The van der Waals surface area contributed by atoms with Gasteiger partial charge in [0, 0.05) is 18.3 Å². The average Bonchev–Trinajstić information content (AvgIpc) is 2.36. The van der Waals surface area contributed by atoms with E-state index in [-0.39, 0.29) is 11.5 Å². The summed E-state index contributed by atoms with van der Waals surface area (Å²) >= 11 is 1.68. The second kappa shape index (κ2) is 7.00. The average molecular weight is 271 g/mol. The first-order valence-electron chi connectivity index (χ1n) is 5.60. The molecule has 1 aromatic heterocycles. The zero-order chi connectivity index (χ0) is 13.5. The molecule has 18 heavy (non-hydrogen) atoms. The van der Waals surface area contributed by atoms with Crippen molar-refractivity contribution in [2.24, 2.45) is 0 Å². The minimum Gasteiger partial charge on any atom is -0.363 e. The second-order valence-electron chi connectivity index (χ2n) is 3.64. The fourth-order valence-corrected chi connectivity index (χ4v) is 1.46. The van der Waals surface area contributed by atoms with Crippen LogP contribution in [0.25, 0.3) is 0 Å². The lowest BCUT2D eigenvalue weighted by Crippen LogP contribution is -2.15. The van der Waals surface area contributed by atoms with Crippen molar-refractivity contribution < 1.29 is 4.92 Å². The van der Waals surface area contributed by atoms with Gasteiger partial charge in [0.2, 0.25) is 11.8 Å². The molecule has 1 unspecified atom stereocenters. The first kappa shape index (κ1) is 14.5. The molecule has 0 aliphatic carbocycles. The summed E-state index contributed by atoms with van der Waals surface area (Å²) in [6, 6.07) is 0. The van der Waals surface area contributed by atoms with Gasteiger partial charge in [-0.15, -0.1) is 0 Å². The van der Waals surface area contributed by atoms with Crippen molar-refractivity contribution >= 4 is 29.2 Å². The molecule has 0 saturated heterocycles. The van der Waals surface area contributed by atoms with Gasteiger partial charge in [0.15, 0.2) is 0 Å². The molecule has 0 radical (unpaired) electrons. The molecule has 8 heteroatoms. The summed E-state index contributed by atoms with van der Waals surface area (Å²) in [4.78, 5) is 18.4. The number of thioether (sulfide) groups is 1. The molecule has 0 aliphatic heterocycles. The summed E-state index contributed by atoms with van der Waals surface area (Å²) < 4.78 is 0. The topological polar surface area (TPSA) is 93.0 Å². The third-order valence-corrected chi connectivity index (χ3v) is 3.23. The van der Waals surface area contributed by atoms with Gasteiger partial charge < -0.3 is 10.6 Å². The molecule has 1 rings (SSSR count). The van der Waals surface area contributed by atoms with Gasteiger partial charge in [0.1, 0.15) is 6.20 Å². The normalized spacial score (nSPS) is 11.9. The predicted molar refractivity (Wildman–Crippen MR) is 74.3 cm³/mol. The fourth-order valence-electron chi connectivity index (χ4n) is 1.21. The Labute approximate surface area is 110 Å². The van der Waals surface area contributed by atoms with E-state index in [2.05, 4.69) is 20.6 Å². The maximum Gasteiger partial charge on any atom is 0.329 e. The molecule has 7 nitrogen and oxygen atoms in total. The highest BCUT2D eigenvalue weighted by Gasteiger charge is 2.17. The maximum absolute atomic E-state index is 10.9. The number of aromatic nitrogens is 2. The standard InChI is InChI=1S/C10H17N5O2S/c1-4-11-10-13-6-8(15(16)17)9(14-10)12-5-7(2)18-3/h6-7H,4-5H2,1-3H3,(H2,11,12,13,14). The van der Waals surface area contributed by atoms with Gasteiger partial charge in [-0.2, -0.15) is 16.7 Å². The van der Waals surface area contributed by atoms with Crippen LogP contribution in [0.1, 0.15) is 13.8 Å². The predicted octanol–water partition coefficient (Wildman–Crippen LogP) is 1.98. The zero-order valence-corrected chi connectivity index (χ0v) is 11.5. The number of anilines is 2. The van der Waals surface area contributed by atoms with Gasteiger partial charge in [-0.3, -0.25) is 10.1 Å². The van der Waals surface area contributed by atoms with E-state index in [9.17, 15) is 10.1 Å². The monoisotopic (exact) mass is 271 g/mol. The van der Waals surface area contributed by atoms with E-state index in [1.807, 2.05) is 20.1 Å². The van der Waals surface area contributed by atoms with Crippen LogP contribution in [0.4, 0.5) is 17.5 Å². The molecular weight excluding hydrogens is 254 g/mol. The van der Waals surface area contributed by atoms with Crippen LogP contribution in [-0.2, 0) is 0 Å². The third kappa shape index (κ3) is 4.02. The lowest BCUT2D eigenvalue weighted by Gasteiger charge is -2.11. The molecule has 0 bridgehead atoms. The molecule has 1 aromatic rings. The van der Waals surface area contributed by atoms with Crippen molar-refractivity contribution in [1.82, 2.24) is 9.97 Å². The Morgan fingerprint density at radius 2 is 2.28 bits per heavy atom.